The third kappa shape index (κ3) is 3.62. The molecule has 2 aromatic rings. The molecule has 1 amide bonds. The summed E-state index contributed by atoms with van der Waals surface area (Å²) in [4.78, 5) is 16.0. The molecule has 2 rings (SSSR count). The fraction of sp³-hybridized carbons (Fsp3) is 0.286. The number of aromatic nitrogens is 1. The Morgan fingerprint density at radius 2 is 2.19 bits per heavy atom. The topological polar surface area (TPSA) is 62.2 Å². The van der Waals surface area contributed by atoms with E-state index in [1.54, 1.807) is 0 Å². The number of nitrogens with zero attached hydrogens (tertiary/aromatic N) is 1. The first-order valence-electron chi connectivity index (χ1n) is 6.37. The number of hydrogen-bond donors (Lipinski definition) is 2. The van der Waals surface area contributed by atoms with Gasteiger partial charge in [0.05, 0.1) is 12.6 Å². The number of carbonyl (C=O) groups is 1. The molecule has 0 aliphatic carbocycles. The molecule has 0 bridgehead atoms. The van der Waals surface area contributed by atoms with Gasteiger partial charge in [-0.1, -0.05) is 6.92 Å². The van der Waals surface area contributed by atoms with E-state index in [9.17, 15) is 13.6 Å². The fourth-order valence-corrected chi connectivity index (χ4v) is 2.47. The van der Waals surface area contributed by atoms with Crippen LogP contribution in [-0.2, 0) is 0 Å². The van der Waals surface area contributed by atoms with Gasteiger partial charge >= 0.3 is 0 Å². The van der Waals surface area contributed by atoms with Crippen LogP contribution < -0.4 is 5.32 Å². The first kappa shape index (κ1) is 15.5. The molecule has 21 heavy (non-hydrogen) atoms. The lowest BCUT2D eigenvalue weighted by Crippen LogP contribution is -2.37. The van der Waals surface area contributed by atoms with E-state index < -0.39 is 17.5 Å². The summed E-state index contributed by atoms with van der Waals surface area (Å²) in [6.45, 7) is 1.69. The Hall–Kier alpha value is -1.86. The summed E-state index contributed by atoms with van der Waals surface area (Å²) in [6, 6.07) is 3.14. The van der Waals surface area contributed by atoms with Crippen LogP contribution in [0.3, 0.4) is 0 Å². The van der Waals surface area contributed by atoms with E-state index in [1.165, 1.54) is 11.4 Å². The van der Waals surface area contributed by atoms with E-state index in [4.69, 9.17) is 5.11 Å². The van der Waals surface area contributed by atoms with Gasteiger partial charge in [0.25, 0.3) is 5.91 Å². The minimum Gasteiger partial charge on any atom is -0.394 e. The Morgan fingerprint density at radius 3 is 2.81 bits per heavy atom. The van der Waals surface area contributed by atoms with Crippen molar-refractivity contribution in [3.63, 3.8) is 0 Å². The molecule has 1 aromatic carbocycles. The predicted octanol–water partition coefficient (Wildman–Crippen LogP) is 2.59. The molecule has 0 spiro atoms. The number of halogens is 2. The SMILES string of the molecule is CCC(CO)NC(=O)c1csc(-c2ccc(F)c(F)c2)n1. The number of carbonyl (C=O) groups excluding carboxylic acids is 1. The third-order valence-electron chi connectivity index (χ3n) is 2.95. The number of hydrogen-bond acceptors (Lipinski definition) is 4. The van der Waals surface area contributed by atoms with Crippen molar-refractivity contribution >= 4 is 17.2 Å². The Kier molecular flexibility index (Phi) is 4.98. The van der Waals surface area contributed by atoms with Gasteiger partial charge in [-0.05, 0) is 24.6 Å². The minimum atomic E-state index is -0.958. The van der Waals surface area contributed by atoms with Crippen LogP contribution in [0, 0.1) is 11.6 Å². The maximum atomic E-state index is 13.2. The molecule has 1 aromatic heterocycles. The highest BCUT2D eigenvalue weighted by molar-refractivity contribution is 7.13. The summed E-state index contributed by atoms with van der Waals surface area (Å²) < 4.78 is 26.1. The van der Waals surface area contributed by atoms with Crippen molar-refractivity contribution in [1.29, 1.82) is 0 Å². The monoisotopic (exact) mass is 312 g/mol. The highest BCUT2D eigenvalue weighted by atomic mass is 32.1. The van der Waals surface area contributed by atoms with Gasteiger partial charge in [0, 0.05) is 10.9 Å². The number of amides is 1. The van der Waals surface area contributed by atoms with E-state index >= 15 is 0 Å². The molecule has 0 radical (unpaired) electrons. The Balaban J connectivity index is 2.17. The van der Waals surface area contributed by atoms with Crippen LogP contribution in [0.5, 0.6) is 0 Å². The van der Waals surface area contributed by atoms with Crippen LogP contribution >= 0.6 is 11.3 Å². The second-order valence-corrected chi connectivity index (χ2v) is 5.29. The summed E-state index contributed by atoms with van der Waals surface area (Å²) >= 11 is 1.16. The van der Waals surface area contributed by atoms with Crippen LogP contribution in [0.25, 0.3) is 10.6 Å². The molecule has 0 fully saturated rings. The zero-order valence-corrected chi connectivity index (χ0v) is 12.1. The van der Waals surface area contributed by atoms with Crippen molar-refractivity contribution in [2.75, 3.05) is 6.61 Å². The van der Waals surface area contributed by atoms with Crippen molar-refractivity contribution < 1.29 is 18.7 Å². The van der Waals surface area contributed by atoms with E-state index in [-0.39, 0.29) is 18.3 Å². The summed E-state index contributed by atoms with van der Waals surface area (Å²) in [6.07, 6.45) is 0.600. The van der Waals surface area contributed by atoms with Gasteiger partial charge in [0.2, 0.25) is 0 Å². The average Bonchev–Trinajstić information content (AvgIpc) is 2.97. The molecule has 1 heterocycles. The smallest absolute Gasteiger partial charge is 0.271 e. The lowest BCUT2D eigenvalue weighted by molar-refractivity contribution is 0.0910. The second kappa shape index (κ2) is 6.73. The summed E-state index contributed by atoms with van der Waals surface area (Å²) in [5.41, 5.74) is 0.596. The largest absolute Gasteiger partial charge is 0.394 e. The van der Waals surface area contributed by atoms with Crippen molar-refractivity contribution in [2.24, 2.45) is 0 Å². The van der Waals surface area contributed by atoms with Gasteiger partial charge in [-0.3, -0.25) is 4.79 Å². The molecule has 0 saturated carbocycles. The number of rotatable bonds is 5. The Bertz CT molecular complexity index is 642. The molecule has 1 atom stereocenters. The minimum absolute atomic E-state index is 0.150. The highest BCUT2D eigenvalue weighted by Gasteiger charge is 2.15. The lowest BCUT2D eigenvalue weighted by Gasteiger charge is -2.12. The molecule has 2 N–H and O–H groups in total. The van der Waals surface area contributed by atoms with Crippen LogP contribution in [0.4, 0.5) is 8.78 Å². The van der Waals surface area contributed by atoms with Gasteiger partial charge < -0.3 is 10.4 Å². The summed E-state index contributed by atoms with van der Waals surface area (Å²) in [7, 11) is 0. The molecular formula is C14H14F2N2O2S. The van der Waals surface area contributed by atoms with E-state index in [1.807, 2.05) is 6.92 Å². The molecule has 0 saturated heterocycles. The van der Waals surface area contributed by atoms with Gasteiger partial charge in [-0.15, -0.1) is 11.3 Å². The van der Waals surface area contributed by atoms with Gasteiger partial charge in [-0.25, -0.2) is 13.8 Å². The van der Waals surface area contributed by atoms with Crippen LogP contribution in [0.2, 0.25) is 0 Å². The lowest BCUT2D eigenvalue weighted by atomic mass is 10.2. The molecule has 0 aliphatic heterocycles. The summed E-state index contributed by atoms with van der Waals surface area (Å²) in [5.74, 6) is -2.29. The molecule has 7 heteroatoms. The quantitative estimate of drug-likeness (QED) is 0.892. The predicted molar refractivity (Wildman–Crippen MR) is 76.1 cm³/mol. The molecule has 1 unspecified atom stereocenters. The number of thiazole rings is 1. The second-order valence-electron chi connectivity index (χ2n) is 4.43. The molecule has 112 valence electrons. The number of benzene rings is 1. The zero-order chi connectivity index (χ0) is 15.4. The van der Waals surface area contributed by atoms with Crippen molar-refractivity contribution in [2.45, 2.75) is 19.4 Å². The molecule has 0 aliphatic rings. The molecule has 4 nitrogen and oxygen atoms in total. The Morgan fingerprint density at radius 1 is 1.43 bits per heavy atom. The van der Waals surface area contributed by atoms with Gasteiger partial charge in [0.15, 0.2) is 11.6 Å². The number of nitrogens with one attached hydrogen (secondary N) is 1. The number of aliphatic hydroxyl groups excluding tert-OH is 1. The standard InChI is InChI=1S/C14H14F2N2O2S/c1-2-9(6-19)17-13(20)12-7-21-14(18-12)8-3-4-10(15)11(16)5-8/h3-5,7,9,19H,2,6H2,1H3,(H,17,20). The van der Waals surface area contributed by atoms with Crippen molar-refractivity contribution in [1.82, 2.24) is 10.3 Å². The van der Waals surface area contributed by atoms with Crippen LogP contribution in [0.1, 0.15) is 23.8 Å². The van der Waals surface area contributed by atoms with Crippen LogP contribution in [-0.4, -0.2) is 28.6 Å². The third-order valence-corrected chi connectivity index (χ3v) is 3.84. The highest BCUT2D eigenvalue weighted by Crippen LogP contribution is 2.25. The zero-order valence-electron chi connectivity index (χ0n) is 11.3. The van der Waals surface area contributed by atoms with Gasteiger partial charge in [0.1, 0.15) is 10.7 Å². The maximum Gasteiger partial charge on any atom is 0.271 e. The maximum absolute atomic E-state index is 13.2. The normalized spacial score (nSPS) is 12.2. The Labute approximate surface area is 124 Å². The first-order valence-corrected chi connectivity index (χ1v) is 7.25. The van der Waals surface area contributed by atoms with E-state index in [2.05, 4.69) is 10.3 Å². The summed E-state index contributed by atoms with van der Waals surface area (Å²) in [5, 5.41) is 13.7. The molecular weight excluding hydrogens is 298 g/mol. The number of aliphatic hydroxyl groups is 1. The average molecular weight is 312 g/mol. The van der Waals surface area contributed by atoms with Crippen molar-refractivity contribution in [3.05, 3.63) is 40.9 Å². The fourth-order valence-electron chi connectivity index (χ4n) is 1.68. The van der Waals surface area contributed by atoms with Crippen molar-refractivity contribution in [3.8, 4) is 10.6 Å². The van der Waals surface area contributed by atoms with E-state index in [0.717, 1.165) is 23.5 Å². The van der Waals surface area contributed by atoms with E-state index in [0.29, 0.717) is 17.0 Å². The first-order chi connectivity index (χ1) is 10.0. The van der Waals surface area contributed by atoms with Gasteiger partial charge in [-0.2, -0.15) is 0 Å². The van der Waals surface area contributed by atoms with Crippen LogP contribution in [0.15, 0.2) is 23.6 Å².